The van der Waals surface area contributed by atoms with E-state index in [4.69, 9.17) is 9.47 Å². The van der Waals surface area contributed by atoms with Gasteiger partial charge in [-0.05, 0) is 81.5 Å². The van der Waals surface area contributed by atoms with E-state index in [-0.39, 0.29) is 0 Å². The summed E-state index contributed by atoms with van der Waals surface area (Å²) in [7, 11) is 0. The SMILES string of the molecule is CSc1ccc(Oc2cc(C)c(OCCNc3c(C)c(C)nc4ncnn34)c(C)c2)cc1. The van der Waals surface area contributed by atoms with Crippen molar-refractivity contribution in [2.75, 3.05) is 24.7 Å². The molecule has 4 rings (SSSR count). The van der Waals surface area contributed by atoms with E-state index in [0.717, 1.165) is 45.5 Å². The molecule has 0 aliphatic heterocycles. The van der Waals surface area contributed by atoms with Crippen molar-refractivity contribution in [1.82, 2.24) is 19.6 Å². The molecule has 8 heteroatoms. The molecule has 0 saturated carbocycles. The van der Waals surface area contributed by atoms with Crippen molar-refractivity contribution in [1.29, 1.82) is 0 Å². The molecule has 0 fully saturated rings. The minimum Gasteiger partial charge on any atom is -0.491 e. The Bertz CT molecular complexity index is 1210. The standard InChI is InChI=1S/C24H27N5O2S/c1-15-12-20(31-19-6-8-21(32-5)9-7-19)13-16(2)22(15)30-11-10-25-23-17(3)18(4)28-24-26-14-27-29(23)24/h6-9,12-14,25H,10-11H2,1-5H3. The van der Waals surface area contributed by atoms with E-state index >= 15 is 0 Å². The zero-order chi connectivity index (χ0) is 22.7. The van der Waals surface area contributed by atoms with Crippen LogP contribution in [0.1, 0.15) is 22.4 Å². The Kier molecular flexibility index (Phi) is 6.50. The summed E-state index contributed by atoms with van der Waals surface area (Å²) in [5.74, 6) is 3.98. The van der Waals surface area contributed by atoms with Gasteiger partial charge in [0.05, 0.1) is 6.54 Å². The minimum absolute atomic E-state index is 0.509. The number of aryl methyl sites for hydroxylation is 3. The van der Waals surface area contributed by atoms with Crippen LogP contribution in [0.3, 0.4) is 0 Å². The Hall–Kier alpha value is -3.26. The zero-order valence-corrected chi connectivity index (χ0v) is 19.8. The highest BCUT2D eigenvalue weighted by atomic mass is 32.2. The van der Waals surface area contributed by atoms with Crippen molar-refractivity contribution in [3.8, 4) is 17.2 Å². The summed E-state index contributed by atoms with van der Waals surface area (Å²) in [6.07, 6.45) is 3.57. The largest absolute Gasteiger partial charge is 0.491 e. The number of nitrogens with zero attached hydrogens (tertiary/aromatic N) is 4. The second-order valence-electron chi connectivity index (χ2n) is 7.58. The lowest BCUT2D eigenvalue weighted by Crippen LogP contribution is -2.16. The fourth-order valence-electron chi connectivity index (χ4n) is 3.54. The van der Waals surface area contributed by atoms with E-state index in [1.165, 1.54) is 11.2 Å². The highest BCUT2D eigenvalue weighted by Crippen LogP contribution is 2.31. The van der Waals surface area contributed by atoms with Crippen molar-refractivity contribution < 1.29 is 9.47 Å². The summed E-state index contributed by atoms with van der Waals surface area (Å²) in [6.45, 7) is 9.20. The highest BCUT2D eigenvalue weighted by Gasteiger charge is 2.12. The van der Waals surface area contributed by atoms with Gasteiger partial charge in [-0.2, -0.15) is 14.6 Å². The molecule has 0 atom stereocenters. The summed E-state index contributed by atoms with van der Waals surface area (Å²) in [5, 5.41) is 7.68. The quantitative estimate of drug-likeness (QED) is 0.287. The minimum atomic E-state index is 0.509. The third-order valence-corrected chi connectivity index (χ3v) is 6.02. The van der Waals surface area contributed by atoms with E-state index in [1.54, 1.807) is 16.3 Å². The highest BCUT2D eigenvalue weighted by molar-refractivity contribution is 7.98. The third-order valence-electron chi connectivity index (χ3n) is 5.28. The molecule has 0 spiro atoms. The summed E-state index contributed by atoms with van der Waals surface area (Å²) < 4.78 is 13.9. The normalized spacial score (nSPS) is 11.0. The van der Waals surface area contributed by atoms with Crippen LogP contribution < -0.4 is 14.8 Å². The van der Waals surface area contributed by atoms with Crippen LogP contribution >= 0.6 is 11.8 Å². The average molecular weight is 450 g/mol. The molecule has 1 N–H and O–H groups in total. The van der Waals surface area contributed by atoms with Gasteiger partial charge < -0.3 is 14.8 Å². The number of fused-ring (bicyclic) bond motifs is 1. The number of ether oxygens (including phenoxy) is 2. The van der Waals surface area contributed by atoms with Crippen LogP contribution in [0.25, 0.3) is 5.78 Å². The van der Waals surface area contributed by atoms with Gasteiger partial charge in [0.15, 0.2) is 0 Å². The van der Waals surface area contributed by atoms with Gasteiger partial charge in [-0.15, -0.1) is 11.8 Å². The van der Waals surface area contributed by atoms with Crippen LogP contribution in [0.5, 0.6) is 17.2 Å². The molecule has 4 aromatic rings. The van der Waals surface area contributed by atoms with Crippen LogP contribution in [-0.4, -0.2) is 39.0 Å². The van der Waals surface area contributed by atoms with E-state index in [2.05, 4.69) is 38.8 Å². The number of nitrogens with one attached hydrogen (secondary N) is 1. The Morgan fingerprint density at radius 2 is 1.72 bits per heavy atom. The second kappa shape index (κ2) is 9.48. The molecule has 0 unspecified atom stereocenters. The number of anilines is 1. The molecule has 0 aliphatic carbocycles. The van der Waals surface area contributed by atoms with Crippen molar-refractivity contribution in [3.05, 3.63) is 65.1 Å². The maximum Gasteiger partial charge on any atom is 0.254 e. The monoisotopic (exact) mass is 449 g/mol. The van der Waals surface area contributed by atoms with Gasteiger partial charge in [0.25, 0.3) is 5.78 Å². The summed E-state index contributed by atoms with van der Waals surface area (Å²) in [6, 6.07) is 12.1. The lowest BCUT2D eigenvalue weighted by molar-refractivity contribution is 0.327. The molecule has 7 nitrogen and oxygen atoms in total. The first kappa shape index (κ1) is 22.0. The smallest absolute Gasteiger partial charge is 0.254 e. The molecule has 0 bridgehead atoms. The number of hydrogen-bond acceptors (Lipinski definition) is 7. The second-order valence-corrected chi connectivity index (χ2v) is 8.46. The maximum absolute atomic E-state index is 6.11. The Balaban J connectivity index is 1.40. The van der Waals surface area contributed by atoms with E-state index in [0.29, 0.717) is 18.9 Å². The molecule has 2 heterocycles. The number of thioether (sulfide) groups is 1. The summed E-state index contributed by atoms with van der Waals surface area (Å²) in [4.78, 5) is 9.84. The van der Waals surface area contributed by atoms with E-state index in [1.807, 2.05) is 52.0 Å². The molecule has 32 heavy (non-hydrogen) atoms. The number of rotatable bonds is 8. The molecule has 0 radical (unpaired) electrons. The Morgan fingerprint density at radius 3 is 2.41 bits per heavy atom. The lowest BCUT2D eigenvalue weighted by Gasteiger charge is -2.16. The van der Waals surface area contributed by atoms with Crippen LogP contribution in [-0.2, 0) is 0 Å². The van der Waals surface area contributed by atoms with E-state index < -0.39 is 0 Å². The lowest BCUT2D eigenvalue weighted by atomic mass is 10.1. The Morgan fingerprint density at radius 1 is 1.00 bits per heavy atom. The predicted molar refractivity (Wildman–Crippen MR) is 128 cm³/mol. The molecule has 0 saturated heterocycles. The molecule has 2 aromatic heterocycles. The topological polar surface area (TPSA) is 73.6 Å². The van der Waals surface area contributed by atoms with Gasteiger partial charge in [0, 0.05) is 16.2 Å². The van der Waals surface area contributed by atoms with Gasteiger partial charge in [-0.1, -0.05) is 0 Å². The molecule has 0 amide bonds. The summed E-state index contributed by atoms with van der Waals surface area (Å²) in [5.41, 5.74) is 4.05. The average Bonchev–Trinajstić information content (AvgIpc) is 3.23. The molecule has 166 valence electrons. The van der Waals surface area contributed by atoms with Crippen LogP contribution in [0.15, 0.2) is 47.6 Å². The van der Waals surface area contributed by atoms with Crippen molar-refractivity contribution in [2.24, 2.45) is 0 Å². The van der Waals surface area contributed by atoms with Gasteiger partial charge in [0.2, 0.25) is 0 Å². The zero-order valence-electron chi connectivity index (χ0n) is 19.0. The van der Waals surface area contributed by atoms with Crippen molar-refractivity contribution >= 4 is 23.4 Å². The van der Waals surface area contributed by atoms with Crippen LogP contribution in [0, 0.1) is 27.7 Å². The van der Waals surface area contributed by atoms with Crippen LogP contribution in [0.4, 0.5) is 5.82 Å². The van der Waals surface area contributed by atoms with Gasteiger partial charge in [-0.25, -0.2) is 4.98 Å². The first-order valence-corrected chi connectivity index (χ1v) is 11.7. The molecular formula is C24H27N5O2S. The van der Waals surface area contributed by atoms with Crippen molar-refractivity contribution in [3.63, 3.8) is 0 Å². The number of benzene rings is 2. The maximum atomic E-state index is 6.11. The fourth-order valence-corrected chi connectivity index (χ4v) is 3.95. The Labute approximate surface area is 192 Å². The fraction of sp³-hybridized carbons (Fsp3) is 0.292. The first-order chi connectivity index (χ1) is 15.5. The van der Waals surface area contributed by atoms with Gasteiger partial charge >= 0.3 is 0 Å². The first-order valence-electron chi connectivity index (χ1n) is 10.4. The third kappa shape index (κ3) is 4.65. The van der Waals surface area contributed by atoms with E-state index in [9.17, 15) is 0 Å². The molecule has 0 aliphatic rings. The number of hydrogen-bond donors (Lipinski definition) is 1. The predicted octanol–water partition coefficient (Wildman–Crippen LogP) is 5.36. The van der Waals surface area contributed by atoms with Crippen LogP contribution in [0.2, 0.25) is 0 Å². The van der Waals surface area contributed by atoms with Gasteiger partial charge in [0.1, 0.15) is 36.0 Å². The summed E-state index contributed by atoms with van der Waals surface area (Å²) >= 11 is 1.71. The number of aromatic nitrogens is 4. The molecule has 2 aromatic carbocycles. The van der Waals surface area contributed by atoms with Gasteiger partial charge in [-0.3, -0.25) is 0 Å². The van der Waals surface area contributed by atoms with Crippen molar-refractivity contribution in [2.45, 2.75) is 32.6 Å². The molecular weight excluding hydrogens is 422 g/mol.